The first-order chi connectivity index (χ1) is 6.65. The van der Waals surface area contributed by atoms with E-state index in [0.717, 1.165) is 11.4 Å². The fourth-order valence-corrected chi connectivity index (χ4v) is 1.26. The van der Waals surface area contributed by atoms with Gasteiger partial charge in [-0.05, 0) is 19.1 Å². The molecule has 0 aliphatic rings. The fraction of sp³-hybridized carbons (Fsp3) is 0.333. The van der Waals surface area contributed by atoms with E-state index in [9.17, 15) is 0 Å². The van der Waals surface area contributed by atoms with E-state index >= 15 is 0 Å². The first kappa shape index (κ1) is 10.5. The number of nitrogens with zero attached hydrogens (tertiary/aromatic N) is 1. The van der Waals surface area contributed by atoms with Crippen molar-refractivity contribution in [1.29, 1.82) is 0 Å². The molecule has 1 aromatic carbocycles. The van der Waals surface area contributed by atoms with E-state index in [1.54, 1.807) is 0 Å². The molecule has 1 rings (SSSR count). The van der Waals surface area contributed by atoms with Crippen molar-refractivity contribution in [2.24, 2.45) is 0 Å². The molecule has 0 radical (unpaired) electrons. The average molecular weight is 188 g/mol. The first-order valence-corrected chi connectivity index (χ1v) is 4.64. The van der Waals surface area contributed by atoms with Gasteiger partial charge in [-0.25, -0.2) is 0 Å². The van der Waals surface area contributed by atoms with Crippen LogP contribution in [0.15, 0.2) is 24.3 Å². The Morgan fingerprint density at radius 3 is 2.57 bits per heavy atom. The van der Waals surface area contributed by atoms with Gasteiger partial charge in [-0.2, -0.15) is 0 Å². The van der Waals surface area contributed by atoms with Gasteiger partial charge >= 0.3 is 0 Å². The number of rotatable bonds is 3. The molecule has 14 heavy (non-hydrogen) atoms. The highest BCUT2D eigenvalue weighted by Gasteiger charge is 2.04. The van der Waals surface area contributed by atoms with E-state index in [0.29, 0.717) is 0 Å². The van der Waals surface area contributed by atoms with Crippen LogP contribution in [0.1, 0.15) is 6.92 Å². The average Bonchev–Trinajstić information content (AvgIpc) is 2.18. The topological polar surface area (TPSA) is 15.3 Å². The quantitative estimate of drug-likeness (QED) is 0.731. The van der Waals surface area contributed by atoms with Crippen molar-refractivity contribution < 1.29 is 0 Å². The van der Waals surface area contributed by atoms with E-state index in [-0.39, 0.29) is 6.04 Å². The smallest absolute Gasteiger partial charge is 0.0846 e. The number of para-hydroxylation sites is 2. The molecule has 0 aliphatic heterocycles. The molecule has 0 saturated carbocycles. The van der Waals surface area contributed by atoms with Crippen LogP contribution in [0.2, 0.25) is 0 Å². The lowest BCUT2D eigenvalue weighted by Crippen LogP contribution is -2.16. The third-order valence-corrected chi connectivity index (χ3v) is 2.01. The lowest BCUT2D eigenvalue weighted by Gasteiger charge is -2.19. The summed E-state index contributed by atoms with van der Waals surface area (Å²) in [6.07, 6.45) is 5.32. The molecule has 0 aliphatic carbocycles. The van der Waals surface area contributed by atoms with Gasteiger partial charge in [0.2, 0.25) is 0 Å². The predicted octanol–water partition coefficient (Wildman–Crippen LogP) is 2.19. The Morgan fingerprint density at radius 2 is 2.00 bits per heavy atom. The highest BCUT2D eigenvalue weighted by atomic mass is 15.1. The van der Waals surface area contributed by atoms with Crippen LogP contribution in [0, 0.1) is 12.3 Å². The number of nitrogens with one attached hydrogen (secondary N) is 1. The molecule has 1 N–H and O–H groups in total. The van der Waals surface area contributed by atoms with Crippen LogP contribution in [0.4, 0.5) is 11.4 Å². The van der Waals surface area contributed by atoms with Crippen LogP contribution >= 0.6 is 0 Å². The van der Waals surface area contributed by atoms with Crippen molar-refractivity contribution in [3.8, 4) is 12.3 Å². The zero-order valence-corrected chi connectivity index (χ0v) is 8.91. The van der Waals surface area contributed by atoms with Crippen LogP contribution in [-0.2, 0) is 0 Å². The van der Waals surface area contributed by atoms with E-state index in [1.807, 2.05) is 39.2 Å². The number of hydrogen-bond donors (Lipinski definition) is 1. The minimum absolute atomic E-state index is 0.0519. The summed E-state index contributed by atoms with van der Waals surface area (Å²) in [7, 11) is 4.03. The van der Waals surface area contributed by atoms with Crippen LogP contribution in [0.3, 0.4) is 0 Å². The standard InChI is InChI=1S/C12H16N2/c1-5-10(2)13-11-8-6-7-9-12(11)14(3)4/h1,6-10,13H,2-4H3. The Hall–Kier alpha value is -1.62. The van der Waals surface area contributed by atoms with E-state index < -0.39 is 0 Å². The molecule has 0 amide bonds. The second-order valence-corrected chi connectivity index (χ2v) is 3.44. The molecule has 74 valence electrons. The fourth-order valence-electron chi connectivity index (χ4n) is 1.26. The number of hydrogen-bond acceptors (Lipinski definition) is 2. The Kier molecular flexibility index (Phi) is 3.41. The van der Waals surface area contributed by atoms with Gasteiger partial charge in [0.25, 0.3) is 0 Å². The largest absolute Gasteiger partial charge is 0.376 e. The molecule has 0 bridgehead atoms. The minimum atomic E-state index is 0.0519. The summed E-state index contributed by atoms with van der Waals surface area (Å²) in [5.74, 6) is 2.65. The Bertz CT molecular complexity index is 336. The lowest BCUT2D eigenvalue weighted by atomic mass is 10.2. The summed E-state index contributed by atoms with van der Waals surface area (Å²) in [6, 6.07) is 8.16. The highest BCUT2D eigenvalue weighted by Crippen LogP contribution is 2.23. The van der Waals surface area contributed by atoms with Crippen LogP contribution < -0.4 is 10.2 Å². The predicted molar refractivity (Wildman–Crippen MR) is 62.7 cm³/mol. The van der Waals surface area contributed by atoms with Gasteiger partial charge in [-0.3, -0.25) is 0 Å². The van der Waals surface area contributed by atoms with Crippen molar-refractivity contribution in [1.82, 2.24) is 0 Å². The molecule has 0 saturated heterocycles. The first-order valence-electron chi connectivity index (χ1n) is 4.64. The van der Waals surface area contributed by atoms with E-state index in [2.05, 4.69) is 22.2 Å². The van der Waals surface area contributed by atoms with Crippen molar-refractivity contribution >= 4 is 11.4 Å². The van der Waals surface area contributed by atoms with Crippen LogP contribution in [0.25, 0.3) is 0 Å². The third-order valence-electron chi connectivity index (χ3n) is 2.01. The molecular formula is C12H16N2. The Morgan fingerprint density at radius 1 is 1.36 bits per heavy atom. The number of anilines is 2. The number of benzene rings is 1. The summed E-state index contributed by atoms with van der Waals surface area (Å²) < 4.78 is 0. The SMILES string of the molecule is C#CC(C)Nc1ccccc1N(C)C. The van der Waals surface area contributed by atoms with Gasteiger partial charge in [0, 0.05) is 14.1 Å². The van der Waals surface area contributed by atoms with Gasteiger partial charge < -0.3 is 10.2 Å². The minimum Gasteiger partial charge on any atom is -0.376 e. The maximum absolute atomic E-state index is 5.32. The number of terminal acetylenes is 1. The molecule has 1 unspecified atom stereocenters. The second-order valence-electron chi connectivity index (χ2n) is 3.44. The molecular weight excluding hydrogens is 172 g/mol. The van der Waals surface area contributed by atoms with E-state index in [4.69, 9.17) is 6.42 Å². The van der Waals surface area contributed by atoms with E-state index in [1.165, 1.54) is 0 Å². The highest BCUT2D eigenvalue weighted by molar-refractivity contribution is 5.70. The second kappa shape index (κ2) is 4.57. The molecule has 0 spiro atoms. The summed E-state index contributed by atoms with van der Waals surface area (Å²) in [4.78, 5) is 2.06. The van der Waals surface area contributed by atoms with Crippen molar-refractivity contribution in [3.63, 3.8) is 0 Å². The van der Waals surface area contributed by atoms with Crippen LogP contribution in [-0.4, -0.2) is 20.1 Å². The van der Waals surface area contributed by atoms with Crippen molar-refractivity contribution in [2.75, 3.05) is 24.3 Å². The summed E-state index contributed by atoms with van der Waals surface area (Å²) in [6.45, 7) is 1.96. The summed E-state index contributed by atoms with van der Waals surface area (Å²) >= 11 is 0. The maximum atomic E-state index is 5.32. The van der Waals surface area contributed by atoms with Gasteiger partial charge in [-0.15, -0.1) is 6.42 Å². The molecule has 1 aromatic rings. The summed E-state index contributed by atoms with van der Waals surface area (Å²) in [5.41, 5.74) is 2.22. The molecule has 0 heterocycles. The molecule has 0 aromatic heterocycles. The maximum Gasteiger partial charge on any atom is 0.0846 e. The normalized spacial score (nSPS) is 11.6. The van der Waals surface area contributed by atoms with Gasteiger partial charge in [0.15, 0.2) is 0 Å². The van der Waals surface area contributed by atoms with Gasteiger partial charge in [-0.1, -0.05) is 18.1 Å². The zero-order chi connectivity index (χ0) is 10.6. The lowest BCUT2D eigenvalue weighted by molar-refractivity contribution is 1.03. The Labute approximate surface area is 85.9 Å². The van der Waals surface area contributed by atoms with Gasteiger partial charge in [0.05, 0.1) is 17.4 Å². The Balaban J connectivity index is 2.91. The molecule has 1 atom stereocenters. The molecule has 2 heteroatoms. The molecule has 0 fully saturated rings. The summed E-state index contributed by atoms with van der Waals surface area (Å²) in [5, 5.41) is 3.26. The van der Waals surface area contributed by atoms with Crippen molar-refractivity contribution in [3.05, 3.63) is 24.3 Å². The monoisotopic (exact) mass is 188 g/mol. The zero-order valence-electron chi connectivity index (χ0n) is 8.91. The van der Waals surface area contributed by atoms with Gasteiger partial charge in [0.1, 0.15) is 0 Å². The molecule has 2 nitrogen and oxygen atoms in total. The van der Waals surface area contributed by atoms with Crippen molar-refractivity contribution in [2.45, 2.75) is 13.0 Å². The third kappa shape index (κ3) is 2.43. The van der Waals surface area contributed by atoms with Crippen LogP contribution in [0.5, 0.6) is 0 Å².